The van der Waals surface area contributed by atoms with Gasteiger partial charge in [-0.05, 0) is 47.5 Å². The third kappa shape index (κ3) is 5.95. The second kappa shape index (κ2) is 10.9. The van der Waals surface area contributed by atoms with Crippen molar-refractivity contribution >= 4 is 52.5 Å². The van der Waals surface area contributed by atoms with Gasteiger partial charge < -0.3 is 14.8 Å². The summed E-state index contributed by atoms with van der Waals surface area (Å²) in [6.45, 7) is 0.304. The van der Waals surface area contributed by atoms with E-state index >= 15 is 0 Å². The number of halogens is 3. The summed E-state index contributed by atoms with van der Waals surface area (Å²) >= 11 is 18.4. The summed E-state index contributed by atoms with van der Waals surface area (Å²) in [5.74, 6) is 0.0928. The van der Waals surface area contributed by atoms with Gasteiger partial charge in [-0.25, -0.2) is 0 Å². The summed E-state index contributed by atoms with van der Waals surface area (Å²) in [6.07, 6.45) is 1.39. The number of anilines is 1. The Morgan fingerprint density at radius 1 is 1.06 bits per heavy atom. The molecular weight excluding hydrogens is 471 g/mol. The standard InChI is InChI=1S/C24H17Cl3N2O3/c1-31-22-11-16(10-20(27)23(22)32-14-15-5-3-2-4-6-15)9-17(13-28)24(30)29-21-12-18(25)7-8-19(21)26/h2-12H,14H2,1H3,(H,29,30)/b17-9+. The first-order valence-corrected chi connectivity index (χ1v) is 10.5. The zero-order valence-corrected chi connectivity index (χ0v) is 19.1. The molecule has 0 heterocycles. The van der Waals surface area contributed by atoms with E-state index in [4.69, 9.17) is 44.3 Å². The molecule has 3 aromatic carbocycles. The van der Waals surface area contributed by atoms with Crippen LogP contribution in [-0.4, -0.2) is 13.0 Å². The number of carbonyl (C=O) groups is 1. The highest BCUT2D eigenvalue weighted by Crippen LogP contribution is 2.37. The SMILES string of the molecule is COc1cc(/C=C(\C#N)C(=O)Nc2cc(Cl)ccc2Cl)cc(Cl)c1OCc1ccccc1. The van der Waals surface area contributed by atoms with E-state index in [0.29, 0.717) is 39.4 Å². The number of carbonyl (C=O) groups excluding carboxylic acids is 1. The average Bonchev–Trinajstić information content (AvgIpc) is 2.79. The fraction of sp³-hybridized carbons (Fsp3) is 0.0833. The van der Waals surface area contributed by atoms with E-state index < -0.39 is 5.91 Å². The van der Waals surface area contributed by atoms with Gasteiger partial charge in [0, 0.05) is 5.02 Å². The molecule has 1 N–H and O–H groups in total. The summed E-state index contributed by atoms with van der Waals surface area (Å²) in [5.41, 5.74) is 1.60. The molecule has 0 aliphatic carbocycles. The molecule has 0 spiro atoms. The maximum atomic E-state index is 12.6. The lowest BCUT2D eigenvalue weighted by Crippen LogP contribution is -2.13. The number of rotatable bonds is 7. The fourth-order valence-corrected chi connectivity index (χ4v) is 3.40. The monoisotopic (exact) mass is 486 g/mol. The smallest absolute Gasteiger partial charge is 0.266 e. The minimum Gasteiger partial charge on any atom is -0.493 e. The van der Waals surface area contributed by atoms with Crippen molar-refractivity contribution in [3.05, 3.63) is 92.4 Å². The molecule has 0 bridgehead atoms. The van der Waals surface area contributed by atoms with Crippen molar-refractivity contribution in [2.45, 2.75) is 6.61 Å². The van der Waals surface area contributed by atoms with E-state index in [1.165, 1.54) is 19.3 Å². The minimum absolute atomic E-state index is 0.155. The first-order chi connectivity index (χ1) is 15.4. The van der Waals surface area contributed by atoms with Crippen LogP contribution in [0.25, 0.3) is 6.08 Å². The molecule has 3 aromatic rings. The maximum absolute atomic E-state index is 12.6. The number of nitrogens with one attached hydrogen (secondary N) is 1. The summed E-state index contributed by atoms with van der Waals surface area (Å²) in [4.78, 5) is 12.6. The second-order valence-corrected chi connectivity index (χ2v) is 7.81. The van der Waals surface area contributed by atoms with Crippen LogP contribution >= 0.6 is 34.8 Å². The fourth-order valence-electron chi connectivity index (χ4n) is 2.79. The zero-order valence-electron chi connectivity index (χ0n) is 16.9. The third-order valence-electron chi connectivity index (χ3n) is 4.33. The summed E-state index contributed by atoms with van der Waals surface area (Å²) in [7, 11) is 1.48. The Morgan fingerprint density at radius 2 is 1.81 bits per heavy atom. The van der Waals surface area contributed by atoms with Gasteiger partial charge in [0.05, 0.1) is 22.8 Å². The van der Waals surface area contributed by atoms with Gasteiger partial charge in [0.2, 0.25) is 0 Å². The molecule has 162 valence electrons. The van der Waals surface area contributed by atoms with Gasteiger partial charge in [0.25, 0.3) is 5.91 Å². The van der Waals surface area contributed by atoms with Crippen LogP contribution in [0.5, 0.6) is 11.5 Å². The number of benzene rings is 3. The number of amides is 1. The number of ether oxygens (including phenoxy) is 2. The Morgan fingerprint density at radius 3 is 2.50 bits per heavy atom. The molecule has 0 saturated carbocycles. The molecular formula is C24H17Cl3N2O3. The van der Waals surface area contributed by atoms with Crippen LogP contribution in [0, 0.1) is 11.3 Å². The normalized spacial score (nSPS) is 10.9. The summed E-state index contributed by atoms with van der Waals surface area (Å²) in [6, 6.07) is 19.3. The molecule has 8 heteroatoms. The lowest BCUT2D eigenvalue weighted by Gasteiger charge is -2.13. The molecule has 0 aromatic heterocycles. The topological polar surface area (TPSA) is 71.3 Å². The first-order valence-electron chi connectivity index (χ1n) is 9.33. The number of methoxy groups -OCH3 is 1. The van der Waals surface area contributed by atoms with Crippen LogP contribution in [0.1, 0.15) is 11.1 Å². The number of nitrogens with zero attached hydrogens (tertiary/aromatic N) is 1. The molecule has 0 aliphatic rings. The largest absolute Gasteiger partial charge is 0.493 e. The molecule has 32 heavy (non-hydrogen) atoms. The van der Waals surface area contributed by atoms with Gasteiger partial charge in [-0.2, -0.15) is 5.26 Å². The van der Waals surface area contributed by atoms with Crippen LogP contribution < -0.4 is 14.8 Å². The average molecular weight is 488 g/mol. The number of nitriles is 1. The van der Waals surface area contributed by atoms with Gasteiger partial charge in [-0.15, -0.1) is 0 Å². The van der Waals surface area contributed by atoms with Crippen LogP contribution in [-0.2, 0) is 11.4 Å². The van der Waals surface area contributed by atoms with E-state index in [1.54, 1.807) is 24.3 Å². The van der Waals surface area contributed by atoms with E-state index in [0.717, 1.165) is 5.56 Å². The van der Waals surface area contributed by atoms with Crippen molar-refractivity contribution in [3.8, 4) is 17.6 Å². The molecule has 0 saturated heterocycles. The van der Waals surface area contributed by atoms with Crippen molar-refractivity contribution in [1.29, 1.82) is 5.26 Å². The Balaban J connectivity index is 1.84. The molecule has 0 atom stereocenters. The minimum atomic E-state index is -0.642. The van der Waals surface area contributed by atoms with Gasteiger partial charge >= 0.3 is 0 Å². The van der Waals surface area contributed by atoms with E-state index in [1.807, 2.05) is 36.4 Å². The number of hydrogen-bond acceptors (Lipinski definition) is 4. The molecule has 1 amide bonds. The Bertz CT molecular complexity index is 1210. The predicted octanol–water partition coefficient (Wildman–Crippen LogP) is 6.78. The molecule has 0 aliphatic heterocycles. The third-order valence-corrected chi connectivity index (χ3v) is 5.18. The van der Waals surface area contributed by atoms with Crippen LogP contribution in [0.4, 0.5) is 5.69 Å². The van der Waals surface area contributed by atoms with Crippen LogP contribution in [0.2, 0.25) is 15.1 Å². The van der Waals surface area contributed by atoms with Crippen molar-refractivity contribution in [2.75, 3.05) is 12.4 Å². The highest BCUT2D eigenvalue weighted by Gasteiger charge is 2.15. The predicted molar refractivity (Wildman–Crippen MR) is 127 cm³/mol. The first kappa shape index (κ1) is 23.5. The Kier molecular flexibility index (Phi) is 8.02. The highest BCUT2D eigenvalue weighted by atomic mass is 35.5. The number of hydrogen-bond donors (Lipinski definition) is 1. The van der Waals surface area contributed by atoms with Crippen molar-refractivity contribution in [1.82, 2.24) is 0 Å². The maximum Gasteiger partial charge on any atom is 0.266 e. The van der Waals surface area contributed by atoms with Gasteiger partial charge in [0.1, 0.15) is 18.2 Å². The van der Waals surface area contributed by atoms with Crippen LogP contribution in [0.15, 0.2) is 66.2 Å². The molecule has 0 fully saturated rings. The van der Waals surface area contributed by atoms with Crippen molar-refractivity contribution in [3.63, 3.8) is 0 Å². The lowest BCUT2D eigenvalue weighted by atomic mass is 10.1. The highest BCUT2D eigenvalue weighted by molar-refractivity contribution is 6.36. The molecule has 0 radical (unpaired) electrons. The molecule has 5 nitrogen and oxygen atoms in total. The lowest BCUT2D eigenvalue weighted by molar-refractivity contribution is -0.112. The van der Waals surface area contributed by atoms with Crippen molar-refractivity contribution < 1.29 is 14.3 Å². The van der Waals surface area contributed by atoms with Crippen molar-refractivity contribution in [2.24, 2.45) is 0 Å². The van der Waals surface area contributed by atoms with Gasteiger partial charge in [-0.3, -0.25) is 4.79 Å². The quantitative estimate of drug-likeness (QED) is 0.294. The zero-order chi connectivity index (χ0) is 23.1. The van der Waals surface area contributed by atoms with E-state index in [9.17, 15) is 10.1 Å². The van der Waals surface area contributed by atoms with Gasteiger partial charge in [-0.1, -0.05) is 65.1 Å². The molecule has 0 unspecified atom stereocenters. The van der Waals surface area contributed by atoms with E-state index in [-0.39, 0.29) is 10.6 Å². The van der Waals surface area contributed by atoms with E-state index in [2.05, 4.69) is 5.32 Å². The Hall–Kier alpha value is -3.17. The molecule has 3 rings (SSSR count). The van der Waals surface area contributed by atoms with Crippen LogP contribution in [0.3, 0.4) is 0 Å². The summed E-state index contributed by atoms with van der Waals surface area (Å²) < 4.78 is 11.2. The Labute approximate surface area is 200 Å². The summed E-state index contributed by atoms with van der Waals surface area (Å²) in [5, 5.41) is 13.0. The van der Waals surface area contributed by atoms with Gasteiger partial charge in [0.15, 0.2) is 11.5 Å². The second-order valence-electron chi connectivity index (χ2n) is 6.56.